The maximum atomic E-state index is 13.0. The van der Waals surface area contributed by atoms with Gasteiger partial charge >= 0.3 is 0 Å². The van der Waals surface area contributed by atoms with Crippen molar-refractivity contribution in [2.24, 2.45) is 5.92 Å². The zero-order valence-electron chi connectivity index (χ0n) is 19.1. The second kappa shape index (κ2) is 7.61. The molecule has 2 bridgehead atoms. The summed E-state index contributed by atoms with van der Waals surface area (Å²) in [6.45, 7) is 1.97. The number of carbonyl (C=O) groups excluding carboxylic acids is 1. The zero-order valence-corrected chi connectivity index (χ0v) is 19.9. The van der Waals surface area contributed by atoms with E-state index in [1.807, 2.05) is 36.4 Å². The summed E-state index contributed by atoms with van der Waals surface area (Å²) >= 11 is 0. The number of phenolic OH excluding ortho intramolecular Hbond substituents is 1. The first kappa shape index (κ1) is 22.2. The molecule has 7 rings (SSSR count). The second-order valence-corrected chi connectivity index (χ2v) is 10.8. The molecule has 2 aromatic carbocycles. The lowest BCUT2D eigenvalue weighted by molar-refractivity contribution is -0.191. The molecule has 0 aromatic heterocycles. The Morgan fingerprint density at radius 1 is 1.12 bits per heavy atom. The molecule has 5 atom stereocenters. The number of nitrogens with zero attached hydrogens (tertiary/aromatic N) is 1. The van der Waals surface area contributed by atoms with Gasteiger partial charge in [-0.05, 0) is 74.8 Å². The maximum absolute atomic E-state index is 13.0. The number of likely N-dealkylation sites (tertiary alicyclic amines) is 1. The molecule has 180 valence electrons. The number of nitrogens with one attached hydrogen (secondary N) is 1. The molecule has 3 N–H and O–H groups in total. The average Bonchev–Trinajstić information content (AvgIpc) is 3.56. The number of phenols is 1. The van der Waals surface area contributed by atoms with Crippen molar-refractivity contribution >= 4 is 18.3 Å². The standard InChI is InChI=1S/C27H30N2O4.ClH/c30-20-9-8-18-14-21-27(32)11-10-19(28-25(31)17-4-2-1-3-5-17)24-26(27,22(18)23(20)33-24)12-13-29(21)15-16-6-7-16;/h1-5,8-9,16,19,21,24,30,32H,6-7,10-15H2,(H,28,31);1H/t19-,21+,24-,26-,27+;/m0./s1. The third-order valence-electron chi connectivity index (χ3n) is 9.12. The van der Waals surface area contributed by atoms with Crippen LogP contribution in [0.4, 0.5) is 0 Å². The van der Waals surface area contributed by atoms with Crippen molar-refractivity contribution in [1.82, 2.24) is 10.2 Å². The van der Waals surface area contributed by atoms with Gasteiger partial charge in [0.05, 0.1) is 17.1 Å². The fraction of sp³-hybridized carbons (Fsp3) is 0.519. The summed E-state index contributed by atoms with van der Waals surface area (Å²) in [4.78, 5) is 15.6. The van der Waals surface area contributed by atoms with Gasteiger partial charge in [0.15, 0.2) is 11.5 Å². The van der Waals surface area contributed by atoms with E-state index in [9.17, 15) is 15.0 Å². The van der Waals surface area contributed by atoms with E-state index in [1.165, 1.54) is 18.4 Å². The van der Waals surface area contributed by atoms with Gasteiger partial charge in [-0.25, -0.2) is 0 Å². The van der Waals surface area contributed by atoms with Crippen molar-refractivity contribution in [3.8, 4) is 11.5 Å². The van der Waals surface area contributed by atoms with E-state index in [0.29, 0.717) is 24.2 Å². The minimum absolute atomic E-state index is 0. The fourth-order valence-corrected chi connectivity index (χ4v) is 7.47. The van der Waals surface area contributed by atoms with Crippen LogP contribution in [0.3, 0.4) is 0 Å². The van der Waals surface area contributed by atoms with Crippen molar-refractivity contribution in [2.75, 3.05) is 13.1 Å². The molecule has 1 saturated heterocycles. The van der Waals surface area contributed by atoms with Crippen LogP contribution >= 0.6 is 12.4 Å². The summed E-state index contributed by atoms with van der Waals surface area (Å²) < 4.78 is 6.51. The first-order valence-electron chi connectivity index (χ1n) is 12.4. The maximum Gasteiger partial charge on any atom is 0.251 e. The number of amides is 1. The first-order chi connectivity index (χ1) is 16.0. The summed E-state index contributed by atoms with van der Waals surface area (Å²) in [7, 11) is 0. The van der Waals surface area contributed by atoms with Crippen molar-refractivity contribution in [3.63, 3.8) is 0 Å². The van der Waals surface area contributed by atoms with Gasteiger partial charge in [-0.3, -0.25) is 9.69 Å². The molecular formula is C27H31ClN2O4. The molecule has 2 heterocycles. The molecule has 6 nitrogen and oxygen atoms in total. The van der Waals surface area contributed by atoms with Crippen LogP contribution in [0.15, 0.2) is 42.5 Å². The predicted molar refractivity (Wildman–Crippen MR) is 130 cm³/mol. The molecule has 2 saturated carbocycles. The van der Waals surface area contributed by atoms with Gasteiger partial charge < -0.3 is 20.3 Å². The van der Waals surface area contributed by atoms with Crippen LogP contribution in [0, 0.1) is 5.92 Å². The van der Waals surface area contributed by atoms with Crippen LogP contribution in [-0.4, -0.2) is 57.9 Å². The van der Waals surface area contributed by atoms with Crippen molar-refractivity contribution in [1.29, 1.82) is 0 Å². The fourth-order valence-electron chi connectivity index (χ4n) is 7.47. The number of aliphatic hydroxyl groups is 1. The number of rotatable bonds is 4. The Hall–Kier alpha value is -2.28. The quantitative estimate of drug-likeness (QED) is 0.623. The van der Waals surface area contributed by atoms with Crippen molar-refractivity contribution in [3.05, 3.63) is 59.2 Å². The van der Waals surface area contributed by atoms with Gasteiger partial charge in [0.2, 0.25) is 0 Å². The van der Waals surface area contributed by atoms with Gasteiger partial charge in [-0.15, -0.1) is 12.4 Å². The number of carbonyl (C=O) groups is 1. The molecule has 3 fully saturated rings. The number of aromatic hydroxyl groups is 1. The second-order valence-electron chi connectivity index (χ2n) is 10.8. The molecule has 7 heteroatoms. The summed E-state index contributed by atoms with van der Waals surface area (Å²) in [5, 5.41) is 26.4. The van der Waals surface area contributed by atoms with E-state index in [4.69, 9.17) is 4.74 Å². The molecule has 3 aliphatic carbocycles. The van der Waals surface area contributed by atoms with E-state index in [0.717, 1.165) is 37.4 Å². The topological polar surface area (TPSA) is 82.0 Å². The Kier molecular flexibility index (Phi) is 4.97. The van der Waals surface area contributed by atoms with Crippen LogP contribution in [0.5, 0.6) is 11.5 Å². The van der Waals surface area contributed by atoms with E-state index in [-0.39, 0.29) is 36.1 Å². The van der Waals surface area contributed by atoms with Gasteiger partial charge in [-0.1, -0.05) is 24.3 Å². The normalized spacial score (nSPS) is 35.0. The lowest BCUT2D eigenvalue weighted by atomic mass is 9.48. The number of benzene rings is 2. The Bertz CT molecular complexity index is 1140. The Balaban J connectivity index is 0.00000217. The van der Waals surface area contributed by atoms with Crippen LogP contribution < -0.4 is 10.1 Å². The highest BCUT2D eigenvalue weighted by Gasteiger charge is 2.73. The van der Waals surface area contributed by atoms with Gasteiger partial charge in [-0.2, -0.15) is 0 Å². The number of piperidine rings is 1. The van der Waals surface area contributed by atoms with Crippen LogP contribution in [0.1, 0.15) is 53.6 Å². The third kappa shape index (κ3) is 2.85. The van der Waals surface area contributed by atoms with Crippen molar-refractivity contribution in [2.45, 2.75) is 67.7 Å². The molecule has 5 aliphatic rings. The van der Waals surface area contributed by atoms with Crippen LogP contribution in [0.2, 0.25) is 0 Å². The highest BCUT2D eigenvalue weighted by Crippen LogP contribution is 2.65. The molecule has 0 unspecified atom stereocenters. The minimum Gasteiger partial charge on any atom is -0.504 e. The van der Waals surface area contributed by atoms with E-state index in [2.05, 4.69) is 10.2 Å². The van der Waals surface area contributed by atoms with Crippen LogP contribution in [0.25, 0.3) is 0 Å². The van der Waals surface area contributed by atoms with Gasteiger partial charge in [0, 0.05) is 23.7 Å². The smallest absolute Gasteiger partial charge is 0.251 e. The summed E-state index contributed by atoms with van der Waals surface area (Å²) in [5.74, 6) is 1.29. The monoisotopic (exact) mass is 482 g/mol. The lowest BCUT2D eigenvalue weighted by Gasteiger charge is -2.64. The molecular weight excluding hydrogens is 452 g/mol. The molecule has 1 spiro atoms. The lowest BCUT2D eigenvalue weighted by Crippen LogP contribution is -2.78. The molecule has 0 radical (unpaired) electrons. The highest BCUT2D eigenvalue weighted by atomic mass is 35.5. The number of hydrogen-bond acceptors (Lipinski definition) is 5. The minimum atomic E-state index is -0.926. The number of hydrogen-bond donors (Lipinski definition) is 3. The van der Waals surface area contributed by atoms with Gasteiger partial charge in [0.25, 0.3) is 5.91 Å². The van der Waals surface area contributed by atoms with E-state index in [1.54, 1.807) is 6.07 Å². The summed E-state index contributed by atoms with van der Waals surface area (Å²) in [6.07, 6.45) is 5.02. The SMILES string of the molecule is Cl.O=C(N[C@H]1CC[C@@]2(O)[C@H]3Cc4ccc(O)c5c4[C@@]2(CCN3CC2CC2)[C@H]1O5)c1ccccc1. The number of ether oxygens (including phenoxy) is 1. The Morgan fingerprint density at radius 3 is 2.68 bits per heavy atom. The van der Waals surface area contributed by atoms with E-state index < -0.39 is 17.1 Å². The largest absolute Gasteiger partial charge is 0.504 e. The molecule has 2 aromatic rings. The zero-order chi connectivity index (χ0) is 22.4. The predicted octanol–water partition coefficient (Wildman–Crippen LogP) is 3.18. The highest BCUT2D eigenvalue weighted by molar-refractivity contribution is 5.94. The summed E-state index contributed by atoms with van der Waals surface area (Å²) in [6, 6.07) is 12.8. The average molecular weight is 483 g/mol. The van der Waals surface area contributed by atoms with Crippen LogP contribution in [-0.2, 0) is 11.8 Å². The molecule has 34 heavy (non-hydrogen) atoms. The van der Waals surface area contributed by atoms with Gasteiger partial charge in [0.1, 0.15) is 6.10 Å². The molecule has 2 aliphatic heterocycles. The van der Waals surface area contributed by atoms with E-state index >= 15 is 0 Å². The first-order valence-corrected chi connectivity index (χ1v) is 12.4. The Labute approximate surface area is 205 Å². The number of halogens is 1. The molecule has 1 amide bonds. The van der Waals surface area contributed by atoms with Crippen molar-refractivity contribution < 1.29 is 19.7 Å². The Morgan fingerprint density at radius 2 is 1.91 bits per heavy atom. The third-order valence-corrected chi connectivity index (χ3v) is 9.12. The summed E-state index contributed by atoms with van der Waals surface area (Å²) in [5.41, 5.74) is 1.26.